The predicted octanol–water partition coefficient (Wildman–Crippen LogP) is 1.07. The normalized spacial score (nSPS) is 39.6. The minimum atomic E-state index is 0.0127. The first kappa shape index (κ1) is 6.15. The summed E-state index contributed by atoms with van der Waals surface area (Å²) in [7, 11) is 5.50. The Morgan fingerprint density at radius 1 is 1.50 bits per heavy atom. The Kier molecular flexibility index (Phi) is 1.95. The van der Waals surface area contributed by atoms with E-state index in [1.807, 2.05) is 0 Å². The second-order valence-electron chi connectivity index (χ2n) is 2.42. The van der Waals surface area contributed by atoms with Crippen LogP contribution < -0.4 is 0 Å². The average Bonchev–Trinajstić information content (AvgIpc) is 1.64. The fourth-order valence-corrected chi connectivity index (χ4v) is 1.04. The van der Waals surface area contributed by atoms with Gasteiger partial charge in [-0.3, -0.25) is 0 Å². The van der Waals surface area contributed by atoms with Gasteiger partial charge in [-0.2, -0.15) is 0 Å². The molecule has 0 aromatic heterocycles. The maximum Gasteiger partial charge on any atom is 0.108 e. The van der Waals surface area contributed by atoms with Gasteiger partial charge in [0.25, 0.3) is 0 Å². The molecule has 0 aliphatic carbocycles. The number of hydrogen-bond donors (Lipinski definition) is 0. The van der Waals surface area contributed by atoms with Crippen LogP contribution in [0.3, 0.4) is 0 Å². The van der Waals surface area contributed by atoms with E-state index in [2.05, 4.69) is 6.92 Å². The molecular formula is C6H11BO. The van der Waals surface area contributed by atoms with E-state index in [-0.39, 0.29) is 6.00 Å². The third-order valence-electron chi connectivity index (χ3n) is 1.51. The van der Waals surface area contributed by atoms with Crippen LogP contribution in [-0.2, 0) is 4.74 Å². The lowest BCUT2D eigenvalue weighted by atomic mass is 9.91. The maximum atomic E-state index is 5.50. The molecule has 1 fully saturated rings. The Balaban J connectivity index is 2.23. The molecule has 1 rings (SSSR count). The smallest absolute Gasteiger partial charge is 0.108 e. The summed E-state index contributed by atoms with van der Waals surface area (Å²) in [5.41, 5.74) is 0. The van der Waals surface area contributed by atoms with Gasteiger partial charge in [0, 0.05) is 6.00 Å². The molecule has 1 heterocycles. The highest BCUT2D eigenvalue weighted by molar-refractivity contribution is 6.11. The molecule has 0 saturated carbocycles. The Labute approximate surface area is 51.8 Å². The fourth-order valence-electron chi connectivity index (χ4n) is 1.04. The summed E-state index contributed by atoms with van der Waals surface area (Å²) in [5.74, 6) is 0. The molecule has 44 valence electrons. The summed E-state index contributed by atoms with van der Waals surface area (Å²) in [4.78, 5) is 0. The van der Waals surface area contributed by atoms with E-state index in [1.165, 1.54) is 12.8 Å². The lowest BCUT2D eigenvalue weighted by Gasteiger charge is -2.24. The number of ether oxygens (including phenoxy) is 1. The van der Waals surface area contributed by atoms with Crippen molar-refractivity contribution in [2.75, 3.05) is 0 Å². The van der Waals surface area contributed by atoms with Crippen molar-refractivity contribution >= 4 is 7.85 Å². The van der Waals surface area contributed by atoms with Crippen LogP contribution in [0.1, 0.15) is 26.2 Å². The highest BCUT2D eigenvalue weighted by Crippen LogP contribution is 2.15. The highest BCUT2D eigenvalue weighted by Gasteiger charge is 2.13. The summed E-state index contributed by atoms with van der Waals surface area (Å²) < 4.78 is 5.26. The van der Waals surface area contributed by atoms with E-state index in [1.54, 1.807) is 0 Å². The molecule has 2 heteroatoms. The standard InChI is InChI=1S/C6H11BO/c1-5-3-2-4-6(7)8-5/h5-6H,2-4H2,1H3. The predicted molar refractivity (Wildman–Crippen MR) is 33.9 cm³/mol. The van der Waals surface area contributed by atoms with Gasteiger partial charge < -0.3 is 4.74 Å². The molecule has 0 N–H and O–H groups in total. The molecule has 1 saturated heterocycles. The van der Waals surface area contributed by atoms with Gasteiger partial charge in [0.05, 0.1) is 6.10 Å². The molecule has 2 unspecified atom stereocenters. The monoisotopic (exact) mass is 110 g/mol. The molecule has 2 atom stereocenters. The van der Waals surface area contributed by atoms with Gasteiger partial charge >= 0.3 is 0 Å². The van der Waals surface area contributed by atoms with Crippen molar-refractivity contribution in [3.05, 3.63) is 0 Å². The molecule has 2 radical (unpaired) electrons. The second-order valence-corrected chi connectivity index (χ2v) is 2.42. The lowest BCUT2D eigenvalue weighted by Crippen LogP contribution is -2.25. The highest BCUT2D eigenvalue weighted by atomic mass is 16.5. The molecule has 8 heavy (non-hydrogen) atoms. The Morgan fingerprint density at radius 3 is 2.62 bits per heavy atom. The quantitative estimate of drug-likeness (QED) is 0.424. The van der Waals surface area contributed by atoms with Gasteiger partial charge in [0.2, 0.25) is 0 Å². The van der Waals surface area contributed by atoms with Gasteiger partial charge in [-0.05, 0) is 26.2 Å². The molecule has 0 aromatic rings. The van der Waals surface area contributed by atoms with Crippen molar-refractivity contribution in [1.82, 2.24) is 0 Å². The third kappa shape index (κ3) is 1.51. The van der Waals surface area contributed by atoms with Gasteiger partial charge in [-0.25, -0.2) is 0 Å². The first-order valence-electron chi connectivity index (χ1n) is 3.20. The summed E-state index contributed by atoms with van der Waals surface area (Å²) in [5, 5.41) is 0. The lowest BCUT2D eigenvalue weighted by molar-refractivity contribution is 0.00347. The zero-order valence-electron chi connectivity index (χ0n) is 5.26. The van der Waals surface area contributed by atoms with E-state index in [0.717, 1.165) is 6.42 Å². The maximum absolute atomic E-state index is 5.50. The summed E-state index contributed by atoms with van der Waals surface area (Å²) in [6.45, 7) is 2.07. The van der Waals surface area contributed by atoms with Crippen molar-refractivity contribution in [2.45, 2.75) is 38.3 Å². The van der Waals surface area contributed by atoms with Crippen LogP contribution in [0.25, 0.3) is 0 Å². The zero-order chi connectivity index (χ0) is 5.98. The molecule has 0 spiro atoms. The topological polar surface area (TPSA) is 9.23 Å². The number of hydrogen-bond acceptors (Lipinski definition) is 1. The second kappa shape index (κ2) is 2.54. The van der Waals surface area contributed by atoms with E-state index in [0.29, 0.717) is 6.10 Å². The van der Waals surface area contributed by atoms with Gasteiger partial charge in [-0.15, -0.1) is 0 Å². The molecule has 0 bridgehead atoms. The van der Waals surface area contributed by atoms with Crippen LogP contribution in [0, 0.1) is 0 Å². The number of rotatable bonds is 0. The van der Waals surface area contributed by atoms with Crippen LogP contribution in [0.2, 0.25) is 0 Å². The van der Waals surface area contributed by atoms with E-state index in [4.69, 9.17) is 12.6 Å². The van der Waals surface area contributed by atoms with Crippen LogP contribution in [0.4, 0.5) is 0 Å². The minimum Gasteiger partial charge on any atom is -0.385 e. The molecular weight excluding hydrogens is 98.9 g/mol. The first-order chi connectivity index (χ1) is 3.79. The van der Waals surface area contributed by atoms with Crippen molar-refractivity contribution in [3.8, 4) is 0 Å². The van der Waals surface area contributed by atoms with Gasteiger partial charge in [0.15, 0.2) is 0 Å². The zero-order valence-corrected chi connectivity index (χ0v) is 5.26. The van der Waals surface area contributed by atoms with Crippen LogP contribution in [0.5, 0.6) is 0 Å². The van der Waals surface area contributed by atoms with E-state index < -0.39 is 0 Å². The Hall–Kier alpha value is 0.0249. The summed E-state index contributed by atoms with van der Waals surface area (Å²) >= 11 is 0. The molecule has 0 amide bonds. The molecule has 1 nitrogen and oxygen atoms in total. The summed E-state index contributed by atoms with van der Waals surface area (Å²) in [6.07, 6.45) is 3.82. The van der Waals surface area contributed by atoms with Gasteiger partial charge in [-0.1, -0.05) is 0 Å². The first-order valence-corrected chi connectivity index (χ1v) is 3.20. The fraction of sp³-hybridized carbons (Fsp3) is 1.00. The van der Waals surface area contributed by atoms with Crippen molar-refractivity contribution < 1.29 is 4.74 Å². The van der Waals surface area contributed by atoms with Crippen molar-refractivity contribution in [1.29, 1.82) is 0 Å². The molecule has 0 aromatic carbocycles. The Bertz CT molecular complexity index is 66.9. The summed E-state index contributed by atoms with van der Waals surface area (Å²) in [6, 6.07) is 0.0127. The molecule has 1 aliphatic rings. The molecule has 1 aliphatic heterocycles. The Morgan fingerprint density at radius 2 is 2.25 bits per heavy atom. The largest absolute Gasteiger partial charge is 0.385 e. The van der Waals surface area contributed by atoms with Crippen LogP contribution in [0.15, 0.2) is 0 Å². The van der Waals surface area contributed by atoms with Crippen molar-refractivity contribution in [2.24, 2.45) is 0 Å². The van der Waals surface area contributed by atoms with Gasteiger partial charge in [0.1, 0.15) is 7.85 Å². The average molecular weight is 110 g/mol. The minimum absolute atomic E-state index is 0.0127. The SMILES string of the molecule is [B]C1CCCC(C)O1. The van der Waals surface area contributed by atoms with Crippen LogP contribution in [-0.4, -0.2) is 20.0 Å². The van der Waals surface area contributed by atoms with Crippen LogP contribution >= 0.6 is 0 Å². The third-order valence-corrected chi connectivity index (χ3v) is 1.51. The van der Waals surface area contributed by atoms with Crippen molar-refractivity contribution in [3.63, 3.8) is 0 Å². The van der Waals surface area contributed by atoms with E-state index >= 15 is 0 Å². The van der Waals surface area contributed by atoms with E-state index in [9.17, 15) is 0 Å².